The van der Waals surface area contributed by atoms with Crippen molar-refractivity contribution in [3.63, 3.8) is 0 Å². The van der Waals surface area contributed by atoms with Crippen molar-refractivity contribution in [2.24, 2.45) is 13.0 Å². The van der Waals surface area contributed by atoms with Crippen molar-refractivity contribution in [1.29, 1.82) is 0 Å². The zero-order valence-corrected chi connectivity index (χ0v) is 13.8. The Kier molecular flexibility index (Phi) is 3.70. The topological polar surface area (TPSA) is 83.9 Å². The fourth-order valence-electron chi connectivity index (χ4n) is 3.81. The molecule has 1 aliphatic heterocycles. The average Bonchev–Trinajstić information content (AvgIpc) is 3.30. The van der Waals surface area contributed by atoms with Crippen LogP contribution < -0.4 is 0 Å². The van der Waals surface area contributed by atoms with E-state index in [0.717, 1.165) is 43.4 Å². The molecule has 7 heteroatoms. The molecule has 2 aromatic rings. The second-order valence-electron chi connectivity index (χ2n) is 6.70. The monoisotopic (exact) mass is 327 g/mol. The summed E-state index contributed by atoms with van der Waals surface area (Å²) in [5.41, 5.74) is 2.71. The van der Waals surface area contributed by atoms with Crippen LogP contribution in [-0.4, -0.2) is 49.4 Å². The number of imidazole rings is 1. The molecule has 4 rings (SSSR count). The van der Waals surface area contributed by atoms with Crippen LogP contribution in [0.15, 0.2) is 12.4 Å². The van der Waals surface area contributed by atoms with Gasteiger partial charge in [0.15, 0.2) is 11.5 Å². The number of ketones is 1. The third kappa shape index (κ3) is 2.44. The van der Waals surface area contributed by atoms with Crippen LogP contribution in [0.5, 0.6) is 0 Å². The van der Waals surface area contributed by atoms with Gasteiger partial charge in [0.2, 0.25) is 5.78 Å². The molecule has 126 valence electrons. The van der Waals surface area contributed by atoms with Gasteiger partial charge in [-0.2, -0.15) is 5.10 Å². The summed E-state index contributed by atoms with van der Waals surface area (Å²) in [6.45, 7) is 1.14. The molecule has 0 unspecified atom stereocenters. The number of rotatable bonds is 3. The van der Waals surface area contributed by atoms with Gasteiger partial charge in [0, 0.05) is 49.7 Å². The number of nitrogens with one attached hydrogen (secondary N) is 1. The Labute approximate surface area is 140 Å². The van der Waals surface area contributed by atoms with Crippen LogP contribution in [0.25, 0.3) is 0 Å². The van der Waals surface area contributed by atoms with E-state index in [0.29, 0.717) is 24.6 Å². The number of Topliss-reactive ketones (excluding diaryl/α,β-unsaturated/α-hetero) is 1. The number of nitrogens with zero attached hydrogens (tertiary/aromatic N) is 4. The molecule has 24 heavy (non-hydrogen) atoms. The molecule has 2 aromatic heterocycles. The Morgan fingerprint density at radius 3 is 2.96 bits per heavy atom. The van der Waals surface area contributed by atoms with E-state index in [4.69, 9.17) is 0 Å². The van der Waals surface area contributed by atoms with Gasteiger partial charge in [-0.3, -0.25) is 14.7 Å². The number of carbonyl (C=O) groups excluding carboxylic acids is 2. The lowest BCUT2D eigenvalue weighted by atomic mass is 9.93. The maximum absolute atomic E-state index is 12.9. The molecular formula is C17H21N5O2. The highest BCUT2D eigenvalue weighted by atomic mass is 16.2. The van der Waals surface area contributed by atoms with E-state index in [-0.39, 0.29) is 17.6 Å². The highest BCUT2D eigenvalue weighted by Gasteiger charge is 2.33. The van der Waals surface area contributed by atoms with E-state index in [2.05, 4.69) is 15.2 Å². The van der Waals surface area contributed by atoms with Crippen molar-refractivity contribution in [2.75, 3.05) is 13.1 Å². The number of fused-ring (bicyclic) bond motifs is 1. The van der Waals surface area contributed by atoms with Crippen LogP contribution in [0, 0.1) is 5.92 Å². The summed E-state index contributed by atoms with van der Waals surface area (Å²) in [6, 6.07) is 0. The lowest BCUT2D eigenvalue weighted by Gasteiger charge is -2.31. The first-order valence-electron chi connectivity index (χ1n) is 8.52. The van der Waals surface area contributed by atoms with E-state index in [1.165, 1.54) is 0 Å². The molecule has 1 atom stereocenters. The van der Waals surface area contributed by atoms with E-state index in [1.54, 1.807) is 21.9 Å². The molecule has 0 spiro atoms. The van der Waals surface area contributed by atoms with E-state index < -0.39 is 0 Å². The highest BCUT2D eigenvalue weighted by Crippen LogP contribution is 2.26. The molecular weight excluding hydrogens is 306 g/mol. The molecule has 0 saturated carbocycles. The fourth-order valence-corrected chi connectivity index (χ4v) is 3.81. The smallest absolute Gasteiger partial charge is 0.274 e. The lowest BCUT2D eigenvalue weighted by molar-refractivity contribution is 0.0627. The van der Waals surface area contributed by atoms with Gasteiger partial charge < -0.3 is 9.47 Å². The third-order valence-electron chi connectivity index (χ3n) is 5.13. The number of amides is 1. The standard InChI is InChI=1S/C17H21N5O2/c1-21-9-7-18-16(21)15(23)11-4-3-8-22(10-11)17(24)14-12-5-2-6-13(12)19-20-14/h7,9,11H,2-6,8,10H2,1H3,(H,19,20)/t11-/m1/s1. The average molecular weight is 327 g/mol. The lowest BCUT2D eigenvalue weighted by Crippen LogP contribution is -2.43. The number of likely N-dealkylation sites (tertiary alicyclic amines) is 1. The van der Waals surface area contributed by atoms with Crippen molar-refractivity contribution in [1.82, 2.24) is 24.6 Å². The number of carbonyl (C=O) groups is 2. The van der Waals surface area contributed by atoms with Gasteiger partial charge in [0.1, 0.15) is 0 Å². The summed E-state index contributed by atoms with van der Waals surface area (Å²) in [4.78, 5) is 31.5. The minimum absolute atomic E-state index is 0.0206. The highest BCUT2D eigenvalue weighted by molar-refractivity contribution is 5.97. The quantitative estimate of drug-likeness (QED) is 0.863. The first-order chi connectivity index (χ1) is 11.6. The fraction of sp³-hybridized carbons (Fsp3) is 0.529. The van der Waals surface area contributed by atoms with Gasteiger partial charge >= 0.3 is 0 Å². The van der Waals surface area contributed by atoms with Crippen LogP contribution >= 0.6 is 0 Å². The van der Waals surface area contributed by atoms with E-state index in [1.807, 2.05) is 7.05 Å². The number of aryl methyl sites for hydroxylation is 2. The Morgan fingerprint density at radius 1 is 1.29 bits per heavy atom. The minimum atomic E-state index is -0.184. The second kappa shape index (κ2) is 5.89. The summed E-state index contributed by atoms with van der Waals surface area (Å²) in [7, 11) is 1.82. The SMILES string of the molecule is Cn1ccnc1C(=O)[C@@H]1CCCN(C(=O)c2n[nH]c3c2CCC3)C1. The molecule has 1 saturated heterocycles. The summed E-state index contributed by atoms with van der Waals surface area (Å²) < 4.78 is 1.74. The van der Waals surface area contributed by atoms with E-state index in [9.17, 15) is 9.59 Å². The van der Waals surface area contributed by atoms with Crippen molar-refractivity contribution < 1.29 is 9.59 Å². The maximum atomic E-state index is 12.9. The molecule has 0 radical (unpaired) electrons. The van der Waals surface area contributed by atoms with Crippen LogP contribution in [-0.2, 0) is 19.9 Å². The molecule has 0 aromatic carbocycles. The van der Waals surface area contributed by atoms with Gasteiger partial charge in [0.25, 0.3) is 5.91 Å². The Morgan fingerprint density at radius 2 is 2.17 bits per heavy atom. The Hall–Kier alpha value is -2.44. The van der Waals surface area contributed by atoms with Crippen molar-refractivity contribution in [2.45, 2.75) is 32.1 Å². The van der Waals surface area contributed by atoms with Crippen molar-refractivity contribution >= 4 is 11.7 Å². The number of hydrogen-bond donors (Lipinski definition) is 1. The van der Waals surface area contributed by atoms with Crippen LogP contribution in [0.4, 0.5) is 0 Å². The predicted octanol–water partition coefficient (Wildman–Crippen LogP) is 1.37. The molecule has 1 fully saturated rings. The summed E-state index contributed by atoms with van der Waals surface area (Å²) >= 11 is 0. The summed E-state index contributed by atoms with van der Waals surface area (Å²) in [5, 5.41) is 7.22. The summed E-state index contributed by atoms with van der Waals surface area (Å²) in [6.07, 6.45) is 7.99. The Balaban J connectivity index is 1.51. The Bertz CT molecular complexity index is 791. The molecule has 7 nitrogen and oxygen atoms in total. The van der Waals surface area contributed by atoms with Crippen LogP contribution in [0.2, 0.25) is 0 Å². The number of aromatic nitrogens is 4. The minimum Gasteiger partial charge on any atom is -0.337 e. The zero-order chi connectivity index (χ0) is 16.7. The van der Waals surface area contributed by atoms with Gasteiger partial charge in [-0.25, -0.2) is 4.98 Å². The van der Waals surface area contributed by atoms with Crippen molar-refractivity contribution in [3.05, 3.63) is 35.2 Å². The van der Waals surface area contributed by atoms with Crippen LogP contribution in [0.1, 0.15) is 51.6 Å². The molecule has 1 N–H and O–H groups in total. The second-order valence-corrected chi connectivity index (χ2v) is 6.70. The van der Waals surface area contributed by atoms with Crippen molar-refractivity contribution in [3.8, 4) is 0 Å². The van der Waals surface area contributed by atoms with E-state index >= 15 is 0 Å². The molecule has 2 aliphatic rings. The molecule has 1 amide bonds. The molecule has 1 aliphatic carbocycles. The van der Waals surface area contributed by atoms with Gasteiger partial charge in [-0.15, -0.1) is 0 Å². The largest absolute Gasteiger partial charge is 0.337 e. The normalized spacial score (nSPS) is 20.2. The molecule has 3 heterocycles. The number of piperidine rings is 1. The number of hydrogen-bond acceptors (Lipinski definition) is 4. The zero-order valence-electron chi connectivity index (χ0n) is 13.8. The van der Waals surface area contributed by atoms with Gasteiger partial charge in [-0.05, 0) is 32.1 Å². The molecule has 0 bridgehead atoms. The third-order valence-corrected chi connectivity index (χ3v) is 5.13. The summed E-state index contributed by atoms with van der Waals surface area (Å²) in [5.74, 6) is 0.254. The number of H-pyrrole nitrogens is 1. The number of aromatic amines is 1. The first kappa shape index (κ1) is 15.1. The van der Waals surface area contributed by atoms with Gasteiger partial charge in [0.05, 0.1) is 0 Å². The maximum Gasteiger partial charge on any atom is 0.274 e. The predicted molar refractivity (Wildman–Crippen MR) is 86.8 cm³/mol. The van der Waals surface area contributed by atoms with Gasteiger partial charge in [-0.1, -0.05) is 0 Å². The first-order valence-corrected chi connectivity index (χ1v) is 8.52. The van der Waals surface area contributed by atoms with Crippen LogP contribution in [0.3, 0.4) is 0 Å².